The number of rotatable bonds is 5. The van der Waals surface area contributed by atoms with Gasteiger partial charge >= 0.3 is 0 Å². The fourth-order valence-corrected chi connectivity index (χ4v) is 2.78. The minimum absolute atomic E-state index is 0.488. The Kier molecular flexibility index (Phi) is 4.51. The van der Waals surface area contributed by atoms with Gasteiger partial charge in [-0.2, -0.15) is 10.1 Å². The molecule has 0 radical (unpaired) electrons. The molecule has 0 amide bonds. The topological polar surface area (TPSA) is 62.7 Å². The lowest BCUT2D eigenvalue weighted by atomic mass is 10.0. The van der Waals surface area contributed by atoms with Gasteiger partial charge in [0, 0.05) is 11.7 Å². The summed E-state index contributed by atoms with van der Waals surface area (Å²) < 4.78 is 0. The van der Waals surface area contributed by atoms with Gasteiger partial charge in [0.2, 0.25) is 5.95 Å². The Hall–Kier alpha value is -2.17. The van der Waals surface area contributed by atoms with E-state index in [0.717, 1.165) is 5.69 Å². The van der Waals surface area contributed by atoms with Gasteiger partial charge in [0.15, 0.2) is 5.82 Å². The van der Waals surface area contributed by atoms with Crippen LogP contribution in [0.1, 0.15) is 51.0 Å². The highest BCUT2D eigenvalue weighted by molar-refractivity contribution is 5.56. The first-order valence-electron chi connectivity index (χ1n) is 8.04. The third-order valence-electron chi connectivity index (χ3n) is 4.10. The summed E-state index contributed by atoms with van der Waals surface area (Å²) in [5, 5.41) is 14.7. The number of nitrogens with one attached hydrogen (secondary N) is 2. The summed E-state index contributed by atoms with van der Waals surface area (Å²) in [6.45, 7) is 4.38. The summed E-state index contributed by atoms with van der Waals surface area (Å²) in [5.41, 5.74) is 2.34. The van der Waals surface area contributed by atoms with E-state index in [4.69, 9.17) is 0 Å². The van der Waals surface area contributed by atoms with E-state index in [1.165, 1.54) is 31.2 Å². The zero-order valence-electron chi connectivity index (χ0n) is 13.2. The first kappa shape index (κ1) is 14.8. The minimum Gasteiger partial charge on any atom is -0.350 e. The van der Waals surface area contributed by atoms with E-state index >= 15 is 0 Å². The van der Waals surface area contributed by atoms with Crippen molar-refractivity contribution < 1.29 is 0 Å². The number of hydrogen-bond acceptors (Lipinski definition) is 5. The Labute approximate surface area is 131 Å². The fourth-order valence-electron chi connectivity index (χ4n) is 2.78. The lowest BCUT2D eigenvalue weighted by Crippen LogP contribution is -2.17. The molecule has 22 heavy (non-hydrogen) atoms. The largest absolute Gasteiger partial charge is 0.350 e. The van der Waals surface area contributed by atoms with Crippen LogP contribution in [0.15, 0.2) is 30.5 Å². The number of nitrogens with zero attached hydrogens (tertiary/aromatic N) is 3. The highest BCUT2D eigenvalue weighted by Crippen LogP contribution is 2.22. The van der Waals surface area contributed by atoms with E-state index in [2.05, 4.69) is 63.9 Å². The van der Waals surface area contributed by atoms with Gasteiger partial charge in [0.25, 0.3) is 0 Å². The molecular weight excluding hydrogens is 274 g/mol. The van der Waals surface area contributed by atoms with E-state index < -0.39 is 0 Å². The number of aromatic nitrogens is 3. The van der Waals surface area contributed by atoms with Crippen LogP contribution in [0.3, 0.4) is 0 Å². The monoisotopic (exact) mass is 297 g/mol. The van der Waals surface area contributed by atoms with E-state index in [-0.39, 0.29) is 0 Å². The van der Waals surface area contributed by atoms with Crippen molar-refractivity contribution >= 4 is 17.5 Å². The molecule has 0 unspecified atom stereocenters. The summed E-state index contributed by atoms with van der Waals surface area (Å²) >= 11 is 0. The van der Waals surface area contributed by atoms with Crippen LogP contribution < -0.4 is 10.6 Å². The maximum Gasteiger partial charge on any atom is 0.244 e. The number of benzene rings is 1. The van der Waals surface area contributed by atoms with Crippen LogP contribution in [0.25, 0.3) is 0 Å². The van der Waals surface area contributed by atoms with Crippen LogP contribution in [-0.2, 0) is 0 Å². The summed E-state index contributed by atoms with van der Waals surface area (Å²) in [5.74, 6) is 1.86. The van der Waals surface area contributed by atoms with Crippen LogP contribution in [0.5, 0.6) is 0 Å². The Morgan fingerprint density at radius 2 is 1.82 bits per heavy atom. The molecule has 2 N–H and O–H groups in total. The first-order chi connectivity index (χ1) is 10.7. The minimum atomic E-state index is 0.488. The predicted octanol–water partition coefficient (Wildman–Crippen LogP) is 4.09. The molecule has 1 aliphatic carbocycles. The van der Waals surface area contributed by atoms with E-state index in [9.17, 15) is 0 Å². The molecule has 116 valence electrons. The van der Waals surface area contributed by atoms with Gasteiger partial charge in [-0.05, 0) is 36.5 Å². The van der Waals surface area contributed by atoms with Crippen molar-refractivity contribution in [1.82, 2.24) is 15.2 Å². The van der Waals surface area contributed by atoms with Crippen LogP contribution in [0.2, 0.25) is 0 Å². The molecule has 1 aliphatic rings. The zero-order chi connectivity index (χ0) is 15.4. The van der Waals surface area contributed by atoms with Crippen molar-refractivity contribution in [2.75, 3.05) is 10.6 Å². The Morgan fingerprint density at radius 1 is 1.09 bits per heavy atom. The van der Waals surface area contributed by atoms with Gasteiger partial charge in [0.05, 0.1) is 6.20 Å². The Morgan fingerprint density at radius 3 is 2.50 bits per heavy atom. The fraction of sp³-hybridized carbons (Fsp3) is 0.471. The van der Waals surface area contributed by atoms with Gasteiger partial charge in [0.1, 0.15) is 0 Å². The second-order valence-electron chi connectivity index (χ2n) is 6.19. The van der Waals surface area contributed by atoms with Crippen LogP contribution in [-0.4, -0.2) is 21.2 Å². The van der Waals surface area contributed by atoms with E-state index in [1.54, 1.807) is 6.20 Å². The van der Waals surface area contributed by atoms with E-state index in [0.29, 0.717) is 23.7 Å². The van der Waals surface area contributed by atoms with Gasteiger partial charge in [-0.15, -0.1) is 5.10 Å². The highest BCUT2D eigenvalue weighted by atomic mass is 15.3. The van der Waals surface area contributed by atoms with Crippen molar-refractivity contribution in [1.29, 1.82) is 0 Å². The van der Waals surface area contributed by atoms with Crippen molar-refractivity contribution in [2.45, 2.75) is 51.5 Å². The molecule has 0 aliphatic heterocycles. The molecule has 0 spiro atoms. The molecule has 1 saturated carbocycles. The van der Waals surface area contributed by atoms with Gasteiger partial charge in [-0.3, -0.25) is 0 Å². The maximum atomic E-state index is 4.49. The molecule has 1 aromatic heterocycles. The van der Waals surface area contributed by atoms with Crippen LogP contribution >= 0.6 is 0 Å². The molecule has 2 aromatic rings. The molecule has 1 fully saturated rings. The molecular formula is C17H23N5. The first-order valence-corrected chi connectivity index (χ1v) is 8.04. The third-order valence-corrected chi connectivity index (χ3v) is 4.10. The Bertz CT molecular complexity index is 603. The normalized spacial score (nSPS) is 15.2. The second kappa shape index (κ2) is 6.73. The molecule has 0 atom stereocenters. The number of hydrogen-bond donors (Lipinski definition) is 2. The number of anilines is 3. The van der Waals surface area contributed by atoms with Gasteiger partial charge in [-0.1, -0.05) is 38.8 Å². The van der Waals surface area contributed by atoms with Gasteiger partial charge in [-0.25, -0.2) is 0 Å². The Balaban J connectivity index is 1.66. The molecule has 1 aromatic carbocycles. The molecule has 3 rings (SSSR count). The van der Waals surface area contributed by atoms with Crippen molar-refractivity contribution in [2.24, 2.45) is 0 Å². The molecule has 0 bridgehead atoms. The zero-order valence-corrected chi connectivity index (χ0v) is 13.2. The average Bonchev–Trinajstić information content (AvgIpc) is 3.01. The summed E-state index contributed by atoms with van der Waals surface area (Å²) in [6, 6.07) is 8.91. The smallest absolute Gasteiger partial charge is 0.244 e. The van der Waals surface area contributed by atoms with Crippen molar-refractivity contribution in [3.05, 3.63) is 36.0 Å². The SMILES string of the molecule is CC(C)c1ccc(Nc2cnnc(NC3CCCC3)n2)cc1. The van der Waals surface area contributed by atoms with Gasteiger partial charge < -0.3 is 10.6 Å². The van der Waals surface area contributed by atoms with Crippen LogP contribution in [0.4, 0.5) is 17.5 Å². The van der Waals surface area contributed by atoms with E-state index in [1.807, 2.05) is 0 Å². The second-order valence-corrected chi connectivity index (χ2v) is 6.19. The molecule has 0 saturated heterocycles. The third kappa shape index (κ3) is 3.72. The highest BCUT2D eigenvalue weighted by Gasteiger charge is 2.15. The summed E-state index contributed by atoms with van der Waals surface area (Å²) in [4.78, 5) is 4.49. The lowest BCUT2D eigenvalue weighted by Gasteiger charge is -2.12. The average molecular weight is 297 g/mol. The molecule has 5 nitrogen and oxygen atoms in total. The predicted molar refractivity (Wildman–Crippen MR) is 89.5 cm³/mol. The maximum absolute atomic E-state index is 4.49. The van der Waals surface area contributed by atoms with Crippen molar-refractivity contribution in [3.8, 4) is 0 Å². The molecule has 1 heterocycles. The summed E-state index contributed by atoms with van der Waals surface area (Å²) in [6.07, 6.45) is 6.60. The quantitative estimate of drug-likeness (QED) is 0.870. The van der Waals surface area contributed by atoms with Crippen molar-refractivity contribution in [3.63, 3.8) is 0 Å². The molecule has 5 heteroatoms. The summed E-state index contributed by atoms with van der Waals surface area (Å²) in [7, 11) is 0. The lowest BCUT2D eigenvalue weighted by molar-refractivity contribution is 0.738. The standard InChI is InChI=1S/C17H23N5/c1-12(2)13-7-9-15(10-8-13)19-16-11-18-22-17(21-16)20-14-5-3-4-6-14/h7-12,14H,3-6H2,1-2H3,(H2,19,20,21,22). The van der Waals surface area contributed by atoms with Crippen LogP contribution in [0, 0.1) is 0 Å².